The van der Waals surface area contributed by atoms with Crippen LogP contribution in [-0.4, -0.2) is 52.0 Å². The summed E-state index contributed by atoms with van der Waals surface area (Å²) < 4.78 is 0. The number of fused-ring (bicyclic) bond motifs is 1. The Labute approximate surface area is 195 Å². The molecule has 4 nitrogen and oxygen atoms in total. The van der Waals surface area contributed by atoms with Crippen LogP contribution in [0.5, 0.6) is 5.75 Å². The van der Waals surface area contributed by atoms with Gasteiger partial charge >= 0.3 is 0 Å². The van der Waals surface area contributed by atoms with Gasteiger partial charge in [-0.2, -0.15) is 0 Å². The maximum atomic E-state index is 13.6. The van der Waals surface area contributed by atoms with Gasteiger partial charge in [-0.3, -0.25) is 9.69 Å². The highest BCUT2D eigenvalue weighted by molar-refractivity contribution is 5.94. The first-order chi connectivity index (χ1) is 16.1. The fourth-order valence-corrected chi connectivity index (χ4v) is 9.86. The summed E-state index contributed by atoms with van der Waals surface area (Å²) in [4.78, 5) is 18.8. The second-order valence-corrected chi connectivity index (χ2v) is 11.8. The van der Waals surface area contributed by atoms with Crippen molar-refractivity contribution in [2.45, 2.75) is 68.5 Å². The highest BCUT2D eigenvalue weighted by Crippen LogP contribution is 2.76. The summed E-state index contributed by atoms with van der Waals surface area (Å²) in [6.45, 7) is 2.10. The molecule has 2 saturated heterocycles. The van der Waals surface area contributed by atoms with Crippen molar-refractivity contribution in [1.29, 1.82) is 0 Å². The molecule has 6 atom stereocenters. The molecule has 2 aromatic rings. The van der Waals surface area contributed by atoms with Crippen molar-refractivity contribution >= 4 is 5.91 Å². The van der Waals surface area contributed by atoms with Crippen molar-refractivity contribution in [1.82, 2.24) is 9.80 Å². The lowest BCUT2D eigenvalue weighted by molar-refractivity contribution is -0.104. The number of amides is 1. The molecule has 0 spiro atoms. The van der Waals surface area contributed by atoms with Crippen LogP contribution in [0.15, 0.2) is 48.5 Å². The molecule has 33 heavy (non-hydrogen) atoms. The maximum Gasteiger partial charge on any atom is 0.254 e. The standard InChI is InChI=1S/C29H32N2O2/c32-22-9-6-19-14-25-28-11-10-24-26(29(28,23(19)15-22)12-13-30(25)21-7-8-21)20(16-28)17-31(24)27(33)18-4-2-1-3-5-18/h1-6,9,15,20-21,24-26,32H,7-8,10-14,16-17H2/t20-,24?,25?,26?,28?,29?/m1/s1. The van der Waals surface area contributed by atoms with Gasteiger partial charge in [-0.15, -0.1) is 0 Å². The van der Waals surface area contributed by atoms with Gasteiger partial charge in [0.1, 0.15) is 5.75 Å². The number of carbonyl (C=O) groups is 1. The average molecular weight is 441 g/mol. The third kappa shape index (κ3) is 2.20. The minimum atomic E-state index is 0.120. The number of hydrogen-bond donors (Lipinski definition) is 1. The van der Waals surface area contributed by atoms with Gasteiger partial charge in [-0.05, 0) is 104 Å². The Kier molecular flexibility index (Phi) is 3.58. The van der Waals surface area contributed by atoms with E-state index in [1.807, 2.05) is 36.4 Å². The molecule has 2 aromatic carbocycles. The SMILES string of the molecule is O=C(c1ccccc1)N1C[C@H]2CC34CCC1C2C31CCN(C2CC2)C4Cc2ccc(O)cc21. The van der Waals surface area contributed by atoms with E-state index in [0.29, 0.717) is 35.1 Å². The molecule has 2 heterocycles. The van der Waals surface area contributed by atoms with E-state index in [1.54, 1.807) is 0 Å². The lowest BCUT2D eigenvalue weighted by Gasteiger charge is -2.66. The van der Waals surface area contributed by atoms with Gasteiger partial charge < -0.3 is 10.0 Å². The molecule has 8 rings (SSSR count). The normalized spacial score (nSPS) is 40.4. The molecule has 6 aliphatic rings. The van der Waals surface area contributed by atoms with Crippen molar-refractivity contribution in [2.75, 3.05) is 13.1 Å². The summed E-state index contributed by atoms with van der Waals surface area (Å²) in [5, 5.41) is 10.6. The van der Waals surface area contributed by atoms with Crippen molar-refractivity contribution < 1.29 is 9.90 Å². The highest BCUT2D eigenvalue weighted by atomic mass is 16.3. The quantitative estimate of drug-likeness (QED) is 0.755. The van der Waals surface area contributed by atoms with Crippen LogP contribution >= 0.6 is 0 Å². The first-order valence-corrected chi connectivity index (χ1v) is 13.1. The predicted octanol–water partition coefficient (Wildman–Crippen LogP) is 4.36. The fraction of sp³-hybridized carbons (Fsp3) is 0.552. The van der Waals surface area contributed by atoms with Gasteiger partial charge in [0.2, 0.25) is 0 Å². The largest absolute Gasteiger partial charge is 0.508 e. The lowest BCUT2D eigenvalue weighted by Crippen LogP contribution is -2.70. The third-order valence-electron chi connectivity index (χ3n) is 10.8. The molecule has 1 amide bonds. The zero-order chi connectivity index (χ0) is 21.9. The summed E-state index contributed by atoms with van der Waals surface area (Å²) in [5.74, 6) is 1.75. The van der Waals surface area contributed by atoms with Crippen LogP contribution in [0.25, 0.3) is 0 Å². The number of aromatic hydroxyl groups is 1. The molecule has 5 unspecified atom stereocenters. The third-order valence-corrected chi connectivity index (χ3v) is 10.8. The van der Waals surface area contributed by atoms with Crippen LogP contribution in [-0.2, 0) is 11.8 Å². The Morgan fingerprint density at radius 1 is 1.03 bits per heavy atom. The van der Waals surface area contributed by atoms with Crippen LogP contribution in [0, 0.1) is 17.3 Å². The number of benzene rings is 2. The second kappa shape index (κ2) is 6.21. The molecule has 2 aliphatic heterocycles. The van der Waals surface area contributed by atoms with Crippen molar-refractivity contribution in [3.05, 3.63) is 65.2 Å². The molecule has 4 bridgehead atoms. The monoisotopic (exact) mass is 440 g/mol. The van der Waals surface area contributed by atoms with Gasteiger partial charge in [-0.25, -0.2) is 0 Å². The van der Waals surface area contributed by atoms with Crippen LogP contribution < -0.4 is 0 Å². The molecule has 5 fully saturated rings. The van der Waals surface area contributed by atoms with Crippen LogP contribution in [0.3, 0.4) is 0 Å². The van der Waals surface area contributed by atoms with E-state index in [9.17, 15) is 9.90 Å². The Balaban J connectivity index is 1.28. The van der Waals surface area contributed by atoms with Gasteiger partial charge in [0.25, 0.3) is 5.91 Å². The minimum absolute atomic E-state index is 0.120. The first kappa shape index (κ1) is 19.0. The molecular weight excluding hydrogens is 408 g/mol. The molecule has 4 aliphatic carbocycles. The number of piperidine rings is 1. The second-order valence-electron chi connectivity index (χ2n) is 11.8. The topological polar surface area (TPSA) is 43.8 Å². The summed E-state index contributed by atoms with van der Waals surface area (Å²) in [5.41, 5.74) is 4.18. The fourth-order valence-electron chi connectivity index (χ4n) is 9.86. The van der Waals surface area contributed by atoms with Crippen molar-refractivity contribution in [2.24, 2.45) is 17.3 Å². The number of rotatable bonds is 2. The number of nitrogens with zero attached hydrogens (tertiary/aromatic N) is 2. The van der Waals surface area contributed by atoms with Gasteiger partial charge in [0.15, 0.2) is 0 Å². The summed E-state index contributed by atoms with van der Waals surface area (Å²) in [7, 11) is 0. The number of phenolic OH excluding ortho intramolecular Hbond substituents is 1. The van der Waals surface area contributed by atoms with E-state index in [-0.39, 0.29) is 11.3 Å². The van der Waals surface area contributed by atoms with Gasteiger partial charge in [0.05, 0.1) is 0 Å². The number of likely N-dealkylation sites (tertiary alicyclic amines) is 2. The predicted molar refractivity (Wildman–Crippen MR) is 126 cm³/mol. The maximum absolute atomic E-state index is 13.6. The Morgan fingerprint density at radius 2 is 1.88 bits per heavy atom. The lowest BCUT2D eigenvalue weighted by atomic mass is 9.43. The molecule has 0 aromatic heterocycles. The number of phenols is 1. The first-order valence-electron chi connectivity index (χ1n) is 13.1. The van der Waals surface area contributed by atoms with E-state index in [1.165, 1.54) is 49.8 Å². The summed E-state index contributed by atoms with van der Waals surface area (Å²) in [6, 6.07) is 17.9. The number of hydrogen-bond acceptors (Lipinski definition) is 3. The van der Waals surface area contributed by atoms with E-state index >= 15 is 0 Å². The van der Waals surface area contributed by atoms with E-state index in [2.05, 4.69) is 21.9 Å². The molecule has 4 heteroatoms. The van der Waals surface area contributed by atoms with Gasteiger partial charge in [-0.1, -0.05) is 24.3 Å². The van der Waals surface area contributed by atoms with E-state index < -0.39 is 0 Å². The summed E-state index contributed by atoms with van der Waals surface area (Å²) in [6.07, 6.45) is 8.71. The zero-order valence-corrected chi connectivity index (χ0v) is 19.1. The molecule has 170 valence electrons. The molecular formula is C29H32N2O2. The van der Waals surface area contributed by atoms with Crippen LogP contribution in [0.2, 0.25) is 0 Å². The van der Waals surface area contributed by atoms with Crippen LogP contribution in [0.1, 0.15) is 60.0 Å². The summed E-state index contributed by atoms with van der Waals surface area (Å²) >= 11 is 0. The van der Waals surface area contributed by atoms with Crippen molar-refractivity contribution in [3.8, 4) is 5.75 Å². The smallest absolute Gasteiger partial charge is 0.254 e. The molecule has 1 N–H and O–H groups in total. The Hall–Kier alpha value is -2.33. The van der Waals surface area contributed by atoms with Crippen molar-refractivity contribution in [3.63, 3.8) is 0 Å². The minimum Gasteiger partial charge on any atom is -0.508 e. The van der Waals surface area contributed by atoms with Gasteiger partial charge in [0, 0.05) is 35.6 Å². The Morgan fingerprint density at radius 3 is 2.70 bits per heavy atom. The van der Waals surface area contributed by atoms with E-state index in [4.69, 9.17) is 0 Å². The van der Waals surface area contributed by atoms with Crippen LogP contribution in [0.4, 0.5) is 0 Å². The Bertz CT molecular complexity index is 1160. The zero-order valence-electron chi connectivity index (χ0n) is 19.1. The average Bonchev–Trinajstić information content (AvgIpc) is 3.56. The molecule has 0 radical (unpaired) electrons. The van der Waals surface area contributed by atoms with E-state index in [0.717, 1.165) is 31.0 Å². The molecule has 3 saturated carbocycles. The highest BCUT2D eigenvalue weighted by Gasteiger charge is 2.76. The number of carbonyl (C=O) groups excluding carboxylic acids is 1.